The van der Waals surface area contributed by atoms with E-state index >= 15 is 0 Å². The summed E-state index contributed by atoms with van der Waals surface area (Å²) in [5, 5.41) is 8.05. The lowest BCUT2D eigenvalue weighted by atomic mass is 9.81. The number of hydrogen-bond donors (Lipinski definition) is 0. The third-order valence-electron chi connectivity index (χ3n) is 15.7. The van der Waals surface area contributed by atoms with Gasteiger partial charge in [-0.3, -0.25) is 0 Å². The highest BCUT2D eigenvalue weighted by atomic mass is 15.3. The zero-order valence-corrected chi connectivity index (χ0v) is 32.9. The number of hydrogen-bond acceptors (Lipinski definition) is 2. The third-order valence-corrected chi connectivity index (χ3v) is 15.7. The lowest BCUT2D eigenvalue weighted by molar-refractivity contribution is 0.355. The van der Waals surface area contributed by atoms with Gasteiger partial charge in [-0.15, -0.1) is 0 Å². The van der Waals surface area contributed by atoms with Gasteiger partial charge in [-0.2, -0.15) is 0 Å². The molecule has 4 aliphatic rings. The predicted octanol–water partition coefficient (Wildman–Crippen LogP) is 14.8. The Morgan fingerprint density at radius 2 is 0.786 bits per heavy atom. The maximum absolute atomic E-state index is 2.66. The molecule has 2 nitrogen and oxygen atoms in total. The van der Waals surface area contributed by atoms with E-state index in [1.807, 2.05) is 0 Å². The van der Waals surface area contributed by atoms with Crippen molar-refractivity contribution in [3.05, 3.63) is 157 Å². The summed E-state index contributed by atoms with van der Waals surface area (Å²) in [4.78, 5) is 5.33. The summed E-state index contributed by atoms with van der Waals surface area (Å²) in [6.45, 7) is 9.94. The van der Waals surface area contributed by atoms with Crippen LogP contribution >= 0.6 is 0 Å². The van der Waals surface area contributed by atoms with E-state index in [4.69, 9.17) is 0 Å². The number of benzene rings is 8. The first-order valence-corrected chi connectivity index (χ1v) is 21.0. The zero-order valence-electron chi connectivity index (χ0n) is 32.9. The Hall–Kier alpha value is -5.60. The molecule has 2 aliphatic heterocycles. The number of rotatable bonds is 4. The van der Waals surface area contributed by atoms with Crippen molar-refractivity contribution < 1.29 is 0 Å². The monoisotopic (exact) mass is 724 g/mol. The number of fused-ring (bicyclic) bond motifs is 6. The first kappa shape index (κ1) is 32.6. The van der Waals surface area contributed by atoms with E-state index in [1.165, 1.54) is 114 Å². The van der Waals surface area contributed by atoms with Gasteiger partial charge in [-0.05, 0) is 190 Å². The molecule has 0 spiro atoms. The van der Waals surface area contributed by atoms with E-state index < -0.39 is 0 Å². The molecule has 56 heavy (non-hydrogen) atoms. The molecule has 0 N–H and O–H groups in total. The van der Waals surface area contributed by atoms with E-state index in [1.54, 1.807) is 0 Å². The minimum Gasteiger partial charge on any atom is -0.334 e. The highest BCUT2D eigenvalue weighted by Crippen LogP contribution is 2.63. The van der Waals surface area contributed by atoms with Crippen LogP contribution in [0.4, 0.5) is 22.7 Å². The normalized spacial score (nSPS) is 26.4. The Bertz CT molecular complexity index is 2590. The van der Waals surface area contributed by atoms with Crippen molar-refractivity contribution in [1.82, 2.24) is 0 Å². The maximum atomic E-state index is 2.66. The Balaban J connectivity index is 0.937. The quantitative estimate of drug-likeness (QED) is 0.167. The van der Waals surface area contributed by atoms with Gasteiger partial charge in [-0.25, -0.2) is 0 Å². The summed E-state index contributed by atoms with van der Waals surface area (Å²) in [5.74, 6) is 2.32. The Kier molecular flexibility index (Phi) is 6.69. The molecule has 2 heteroatoms. The van der Waals surface area contributed by atoms with Crippen molar-refractivity contribution in [3.8, 4) is 22.3 Å². The van der Waals surface area contributed by atoms with Crippen molar-refractivity contribution >= 4 is 55.1 Å². The van der Waals surface area contributed by atoms with Crippen molar-refractivity contribution in [1.29, 1.82) is 0 Å². The molecular weight excluding hydrogens is 677 g/mol. The lowest BCUT2D eigenvalue weighted by Gasteiger charge is -2.41. The van der Waals surface area contributed by atoms with Gasteiger partial charge in [0.2, 0.25) is 0 Å². The van der Waals surface area contributed by atoms with Crippen molar-refractivity contribution in [2.24, 2.45) is 11.8 Å². The van der Waals surface area contributed by atoms with E-state index in [2.05, 4.69) is 183 Å². The van der Waals surface area contributed by atoms with E-state index in [0.29, 0.717) is 23.7 Å². The fourth-order valence-electron chi connectivity index (χ4n) is 12.5. The Morgan fingerprint density at radius 1 is 0.411 bits per heavy atom. The van der Waals surface area contributed by atoms with Gasteiger partial charge >= 0.3 is 0 Å². The fraction of sp³-hybridized carbons (Fsp3) is 0.259. The minimum atomic E-state index is 0.0899. The molecule has 0 amide bonds. The number of nitrogens with zero attached hydrogens (tertiary/aromatic N) is 2. The summed E-state index contributed by atoms with van der Waals surface area (Å²) in [6.07, 6.45) is 5.04. The topological polar surface area (TPSA) is 6.48 Å². The van der Waals surface area contributed by atoms with Crippen LogP contribution < -0.4 is 9.80 Å². The van der Waals surface area contributed by atoms with Crippen LogP contribution in [-0.2, 0) is 0 Å². The van der Waals surface area contributed by atoms with Crippen molar-refractivity contribution in [2.45, 2.75) is 76.3 Å². The molecule has 8 aromatic rings. The molecule has 0 saturated heterocycles. The molecule has 6 unspecified atom stereocenters. The number of para-hydroxylation sites is 2. The predicted molar refractivity (Wildman–Crippen MR) is 237 cm³/mol. The fourth-order valence-corrected chi connectivity index (χ4v) is 12.5. The summed E-state index contributed by atoms with van der Waals surface area (Å²) < 4.78 is 0. The van der Waals surface area contributed by atoms with Crippen LogP contribution in [0.2, 0.25) is 0 Å². The molecule has 8 aromatic carbocycles. The third kappa shape index (κ3) is 4.23. The molecular formula is C54H48N2. The highest BCUT2D eigenvalue weighted by Gasteiger charge is 2.56. The standard InChI is InChI=1S/C54H48N2/c1-33-15-23-47-45-31-35(21-25-49(45)55(53(33,47)3)43-11-7-5-8-12-43)41-27-37-17-19-39-29-42(30-40-20-18-38(28-41)51(37)52(39)40)36-22-26-50-46(32-36)48-24-16-34(2)54(48,4)56(50)44-13-9-6-10-14-44/h5-14,17-22,25-34,47-48H,15-16,23-24H2,1-4H3. The largest absolute Gasteiger partial charge is 0.334 e. The Labute approximate surface area is 330 Å². The molecule has 0 aromatic heterocycles. The van der Waals surface area contributed by atoms with Gasteiger partial charge in [0.05, 0.1) is 11.1 Å². The van der Waals surface area contributed by atoms with Gasteiger partial charge < -0.3 is 9.80 Å². The van der Waals surface area contributed by atoms with Crippen LogP contribution in [0.1, 0.15) is 76.3 Å². The summed E-state index contributed by atoms with van der Waals surface area (Å²) in [5.41, 5.74) is 13.9. The second kappa shape index (κ2) is 11.5. The van der Waals surface area contributed by atoms with Crippen molar-refractivity contribution in [3.63, 3.8) is 0 Å². The van der Waals surface area contributed by atoms with E-state index in [0.717, 1.165) is 0 Å². The van der Waals surface area contributed by atoms with Crippen LogP contribution in [0.5, 0.6) is 0 Å². The van der Waals surface area contributed by atoms with E-state index in [9.17, 15) is 0 Å². The summed E-state index contributed by atoms with van der Waals surface area (Å²) >= 11 is 0. The van der Waals surface area contributed by atoms with Crippen LogP contribution in [0.25, 0.3) is 54.6 Å². The van der Waals surface area contributed by atoms with Crippen LogP contribution in [0.15, 0.2) is 146 Å². The zero-order chi connectivity index (χ0) is 37.5. The SMILES string of the molecule is CC1CCC2c3cc(-c4cc5ccc6cc(-c7ccc8c(c7)C7CCC(C)C7(C)N8c7ccccc7)cc7ccc(c4)c5c67)ccc3N(c3ccccc3)C12C. The van der Waals surface area contributed by atoms with Gasteiger partial charge in [0, 0.05) is 34.6 Å². The average molecular weight is 725 g/mol. The van der Waals surface area contributed by atoms with E-state index in [-0.39, 0.29) is 11.1 Å². The maximum Gasteiger partial charge on any atom is 0.0518 e. The summed E-state index contributed by atoms with van der Waals surface area (Å²) in [7, 11) is 0. The van der Waals surface area contributed by atoms with Crippen LogP contribution in [-0.4, -0.2) is 11.1 Å². The van der Waals surface area contributed by atoms with Crippen LogP contribution in [0, 0.1) is 11.8 Å². The van der Waals surface area contributed by atoms with Crippen LogP contribution in [0.3, 0.4) is 0 Å². The van der Waals surface area contributed by atoms with Gasteiger partial charge in [0.15, 0.2) is 0 Å². The molecule has 2 heterocycles. The molecule has 2 aliphatic carbocycles. The first-order chi connectivity index (χ1) is 27.3. The smallest absolute Gasteiger partial charge is 0.0518 e. The molecule has 0 radical (unpaired) electrons. The second-order valence-corrected chi connectivity index (χ2v) is 18.1. The first-order valence-electron chi connectivity index (χ1n) is 21.0. The van der Waals surface area contributed by atoms with Gasteiger partial charge in [0.1, 0.15) is 0 Å². The molecule has 6 atom stereocenters. The molecule has 12 rings (SSSR count). The van der Waals surface area contributed by atoms with Gasteiger partial charge in [-0.1, -0.05) is 86.6 Å². The lowest BCUT2D eigenvalue weighted by Crippen LogP contribution is -2.45. The second-order valence-electron chi connectivity index (χ2n) is 18.1. The Morgan fingerprint density at radius 3 is 1.16 bits per heavy atom. The molecule has 0 bridgehead atoms. The minimum absolute atomic E-state index is 0.0899. The van der Waals surface area contributed by atoms with Gasteiger partial charge in [0.25, 0.3) is 0 Å². The van der Waals surface area contributed by atoms with Crippen molar-refractivity contribution in [2.75, 3.05) is 9.80 Å². The molecule has 2 fully saturated rings. The molecule has 2 saturated carbocycles. The molecule has 274 valence electrons. The summed E-state index contributed by atoms with van der Waals surface area (Å²) in [6, 6.07) is 56.0. The highest BCUT2D eigenvalue weighted by molar-refractivity contribution is 6.24. The average Bonchev–Trinajstić information content (AvgIpc) is 3.88. The number of anilines is 4.